The molecule has 2 amide bonds. The second-order valence-corrected chi connectivity index (χ2v) is 5.00. The van der Waals surface area contributed by atoms with Gasteiger partial charge >= 0.3 is 0 Å². The van der Waals surface area contributed by atoms with Crippen LogP contribution in [0.1, 0.15) is 16.9 Å². The SMILES string of the molecule is CNc1cc(C(=O)NC2CNC(=O)C2)nc2ccccc12. The highest BCUT2D eigenvalue weighted by molar-refractivity contribution is 6.00. The summed E-state index contributed by atoms with van der Waals surface area (Å²) in [6.45, 7) is 0.469. The number of fused-ring (bicyclic) bond motifs is 1. The predicted molar refractivity (Wildman–Crippen MR) is 80.2 cm³/mol. The minimum atomic E-state index is -0.265. The van der Waals surface area contributed by atoms with Gasteiger partial charge in [0.05, 0.1) is 11.6 Å². The van der Waals surface area contributed by atoms with E-state index in [1.807, 2.05) is 31.3 Å². The zero-order valence-electron chi connectivity index (χ0n) is 11.6. The summed E-state index contributed by atoms with van der Waals surface area (Å²) in [7, 11) is 1.81. The molecule has 6 heteroatoms. The van der Waals surface area contributed by atoms with Gasteiger partial charge < -0.3 is 16.0 Å². The molecule has 0 bridgehead atoms. The number of nitrogens with zero attached hydrogens (tertiary/aromatic N) is 1. The van der Waals surface area contributed by atoms with E-state index in [0.717, 1.165) is 16.6 Å². The molecule has 1 aromatic carbocycles. The molecule has 3 N–H and O–H groups in total. The van der Waals surface area contributed by atoms with Crippen molar-refractivity contribution >= 4 is 28.4 Å². The topological polar surface area (TPSA) is 83.1 Å². The van der Waals surface area contributed by atoms with Crippen molar-refractivity contribution in [1.82, 2.24) is 15.6 Å². The lowest BCUT2D eigenvalue weighted by Crippen LogP contribution is -2.36. The van der Waals surface area contributed by atoms with Crippen LogP contribution in [0.15, 0.2) is 30.3 Å². The fourth-order valence-corrected chi connectivity index (χ4v) is 2.47. The molecule has 108 valence electrons. The van der Waals surface area contributed by atoms with E-state index in [1.165, 1.54) is 0 Å². The Labute approximate surface area is 121 Å². The minimum absolute atomic E-state index is 0.0392. The summed E-state index contributed by atoms with van der Waals surface area (Å²) in [6.07, 6.45) is 0.318. The largest absolute Gasteiger partial charge is 0.388 e. The maximum atomic E-state index is 12.3. The maximum absolute atomic E-state index is 12.3. The van der Waals surface area contributed by atoms with Crippen LogP contribution in [-0.4, -0.2) is 36.4 Å². The Morgan fingerprint density at radius 2 is 2.19 bits per heavy atom. The molecule has 2 heterocycles. The van der Waals surface area contributed by atoms with E-state index < -0.39 is 0 Å². The number of amides is 2. The number of anilines is 1. The molecule has 3 rings (SSSR count). The van der Waals surface area contributed by atoms with Gasteiger partial charge in [0, 0.05) is 31.1 Å². The van der Waals surface area contributed by atoms with Crippen LogP contribution >= 0.6 is 0 Å². The van der Waals surface area contributed by atoms with Gasteiger partial charge in [0.1, 0.15) is 5.69 Å². The van der Waals surface area contributed by atoms with Crippen LogP contribution in [0.4, 0.5) is 5.69 Å². The number of carbonyl (C=O) groups is 2. The first-order valence-electron chi connectivity index (χ1n) is 6.82. The minimum Gasteiger partial charge on any atom is -0.388 e. The summed E-state index contributed by atoms with van der Waals surface area (Å²) < 4.78 is 0. The lowest BCUT2D eigenvalue weighted by Gasteiger charge is -2.12. The summed E-state index contributed by atoms with van der Waals surface area (Å²) in [5.74, 6) is -0.304. The highest BCUT2D eigenvalue weighted by Crippen LogP contribution is 2.22. The number of para-hydroxylation sites is 1. The molecule has 1 fully saturated rings. The Morgan fingerprint density at radius 1 is 1.38 bits per heavy atom. The quantitative estimate of drug-likeness (QED) is 0.782. The van der Waals surface area contributed by atoms with Crippen molar-refractivity contribution < 1.29 is 9.59 Å². The van der Waals surface area contributed by atoms with Gasteiger partial charge in [-0.05, 0) is 12.1 Å². The molecule has 2 aromatic rings. The van der Waals surface area contributed by atoms with Crippen molar-refractivity contribution in [3.05, 3.63) is 36.0 Å². The fourth-order valence-electron chi connectivity index (χ4n) is 2.47. The molecule has 0 spiro atoms. The van der Waals surface area contributed by atoms with Gasteiger partial charge in [-0.1, -0.05) is 18.2 Å². The van der Waals surface area contributed by atoms with Crippen LogP contribution < -0.4 is 16.0 Å². The Bertz CT molecular complexity index is 714. The smallest absolute Gasteiger partial charge is 0.270 e. The van der Waals surface area contributed by atoms with Gasteiger partial charge in [-0.2, -0.15) is 0 Å². The molecule has 21 heavy (non-hydrogen) atoms. The Balaban J connectivity index is 1.89. The standard InChI is InChI=1S/C15H16N4O2/c1-16-12-7-13(19-11-5-3-2-4-10(11)12)15(21)18-9-6-14(20)17-8-9/h2-5,7,9H,6,8H2,1H3,(H,16,19)(H,17,20)(H,18,21). The van der Waals surface area contributed by atoms with E-state index in [0.29, 0.717) is 18.7 Å². The van der Waals surface area contributed by atoms with Crippen molar-refractivity contribution in [3.63, 3.8) is 0 Å². The zero-order valence-corrected chi connectivity index (χ0v) is 11.6. The van der Waals surface area contributed by atoms with Crippen molar-refractivity contribution in [1.29, 1.82) is 0 Å². The molecule has 1 aromatic heterocycles. The number of pyridine rings is 1. The van der Waals surface area contributed by atoms with Crippen molar-refractivity contribution in [3.8, 4) is 0 Å². The number of hydrogen-bond acceptors (Lipinski definition) is 4. The van der Waals surface area contributed by atoms with Crippen LogP contribution in [-0.2, 0) is 4.79 Å². The number of rotatable bonds is 3. The average Bonchev–Trinajstić information content (AvgIpc) is 2.91. The third-order valence-corrected chi connectivity index (χ3v) is 3.53. The van der Waals surface area contributed by atoms with E-state index in [9.17, 15) is 9.59 Å². The predicted octanol–water partition coefficient (Wildman–Crippen LogP) is 0.895. The first-order valence-corrected chi connectivity index (χ1v) is 6.82. The van der Waals surface area contributed by atoms with E-state index >= 15 is 0 Å². The van der Waals surface area contributed by atoms with E-state index in [1.54, 1.807) is 6.07 Å². The zero-order chi connectivity index (χ0) is 14.8. The van der Waals surface area contributed by atoms with E-state index in [-0.39, 0.29) is 17.9 Å². The molecular weight excluding hydrogens is 268 g/mol. The molecule has 1 atom stereocenters. The molecule has 0 saturated carbocycles. The normalized spacial score (nSPS) is 17.6. The molecule has 6 nitrogen and oxygen atoms in total. The Kier molecular flexibility index (Phi) is 3.43. The average molecular weight is 284 g/mol. The molecule has 1 unspecified atom stereocenters. The highest BCUT2D eigenvalue weighted by Gasteiger charge is 2.24. The van der Waals surface area contributed by atoms with Gasteiger partial charge in [-0.15, -0.1) is 0 Å². The monoisotopic (exact) mass is 284 g/mol. The maximum Gasteiger partial charge on any atom is 0.270 e. The molecular formula is C15H16N4O2. The van der Waals surface area contributed by atoms with Crippen LogP contribution in [0, 0.1) is 0 Å². The second kappa shape index (κ2) is 5.40. The van der Waals surface area contributed by atoms with Gasteiger partial charge in [0.2, 0.25) is 5.91 Å². The lowest BCUT2D eigenvalue weighted by molar-refractivity contribution is -0.119. The van der Waals surface area contributed by atoms with Crippen LogP contribution in [0.25, 0.3) is 10.9 Å². The molecule has 0 aliphatic carbocycles. The van der Waals surface area contributed by atoms with Crippen LogP contribution in [0.5, 0.6) is 0 Å². The second-order valence-electron chi connectivity index (χ2n) is 5.00. The number of hydrogen-bond donors (Lipinski definition) is 3. The Morgan fingerprint density at radius 3 is 2.90 bits per heavy atom. The first-order chi connectivity index (χ1) is 10.2. The molecule has 1 saturated heterocycles. The summed E-state index contributed by atoms with van der Waals surface area (Å²) in [6, 6.07) is 9.19. The first kappa shape index (κ1) is 13.4. The van der Waals surface area contributed by atoms with Gasteiger partial charge in [-0.25, -0.2) is 4.98 Å². The van der Waals surface area contributed by atoms with Crippen molar-refractivity contribution in [2.45, 2.75) is 12.5 Å². The molecule has 1 aliphatic heterocycles. The summed E-state index contributed by atoms with van der Waals surface area (Å²) in [4.78, 5) is 27.8. The third kappa shape index (κ3) is 2.65. The van der Waals surface area contributed by atoms with E-state index in [4.69, 9.17) is 0 Å². The summed E-state index contributed by atoms with van der Waals surface area (Å²) in [5, 5.41) is 9.57. The summed E-state index contributed by atoms with van der Waals surface area (Å²) >= 11 is 0. The van der Waals surface area contributed by atoms with Gasteiger partial charge in [0.15, 0.2) is 0 Å². The number of carbonyl (C=O) groups excluding carboxylic acids is 2. The number of benzene rings is 1. The number of aromatic nitrogens is 1. The third-order valence-electron chi connectivity index (χ3n) is 3.53. The molecule has 1 aliphatic rings. The van der Waals surface area contributed by atoms with Crippen molar-refractivity contribution in [2.24, 2.45) is 0 Å². The van der Waals surface area contributed by atoms with Crippen LogP contribution in [0.2, 0.25) is 0 Å². The van der Waals surface area contributed by atoms with Gasteiger partial charge in [0.25, 0.3) is 5.91 Å². The van der Waals surface area contributed by atoms with Gasteiger partial charge in [-0.3, -0.25) is 9.59 Å². The Hall–Kier alpha value is -2.63. The lowest BCUT2D eigenvalue weighted by atomic mass is 10.1. The summed E-state index contributed by atoms with van der Waals surface area (Å²) in [5.41, 5.74) is 1.96. The van der Waals surface area contributed by atoms with Crippen molar-refractivity contribution in [2.75, 3.05) is 18.9 Å². The number of nitrogens with one attached hydrogen (secondary N) is 3. The van der Waals surface area contributed by atoms with Crippen LogP contribution in [0.3, 0.4) is 0 Å². The van der Waals surface area contributed by atoms with E-state index in [2.05, 4.69) is 20.9 Å². The highest BCUT2D eigenvalue weighted by atomic mass is 16.2. The molecule has 0 radical (unpaired) electrons. The fraction of sp³-hybridized carbons (Fsp3) is 0.267.